The predicted molar refractivity (Wildman–Crippen MR) is 98.3 cm³/mol. The van der Waals surface area contributed by atoms with Gasteiger partial charge in [0, 0.05) is 44.8 Å². The van der Waals surface area contributed by atoms with E-state index >= 15 is 0 Å². The van der Waals surface area contributed by atoms with Crippen LogP contribution in [0, 0.1) is 11.8 Å². The Labute approximate surface area is 159 Å². The highest BCUT2D eigenvalue weighted by Crippen LogP contribution is 2.31. The first kappa shape index (κ1) is 18.7. The third-order valence-corrected chi connectivity index (χ3v) is 7.60. The Morgan fingerprint density at radius 1 is 1.19 bits per heavy atom. The number of nitrogens with one attached hydrogen (secondary N) is 1. The lowest BCUT2D eigenvalue weighted by Crippen LogP contribution is -2.40. The summed E-state index contributed by atoms with van der Waals surface area (Å²) < 4.78 is 38.1. The van der Waals surface area contributed by atoms with Gasteiger partial charge in [-0.1, -0.05) is 0 Å². The first-order valence-electron chi connectivity index (χ1n) is 9.26. The zero-order valence-corrected chi connectivity index (χ0v) is 16.2. The van der Waals surface area contributed by atoms with E-state index in [1.807, 2.05) is 4.90 Å². The fraction of sp³-hybridized carbons (Fsp3) is 0.611. The summed E-state index contributed by atoms with van der Waals surface area (Å²) in [6.45, 7) is 4.64. The predicted octanol–water partition coefficient (Wildman–Crippen LogP) is 0.00750. The minimum atomic E-state index is -3.75. The standard InChI is InChI=1S/C18H25N3O5S/c1-25-16-3-2-13(18(22)20-11-14-9-19-10-15(14)12-20)8-17(16)27(23,24)21-4-6-26-7-5-21/h2-3,8,14-15,19H,4-7,9-12H2,1H3/t14-,15+. The summed E-state index contributed by atoms with van der Waals surface area (Å²) in [4.78, 5) is 14.8. The van der Waals surface area contributed by atoms with E-state index in [0.717, 1.165) is 13.1 Å². The van der Waals surface area contributed by atoms with Crippen molar-refractivity contribution in [2.45, 2.75) is 4.90 Å². The molecule has 3 aliphatic heterocycles. The van der Waals surface area contributed by atoms with Crippen LogP contribution in [0.25, 0.3) is 0 Å². The molecular formula is C18H25N3O5S. The van der Waals surface area contributed by atoms with E-state index in [9.17, 15) is 13.2 Å². The second-order valence-electron chi connectivity index (χ2n) is 7.27. The Morgan fingerprint density at radius 2 is 1.85 bits per heavy atom. The molecule has 0 spiro atoms. The van der Waals surface area contributed by atoms with Gasteiger partial charge in [-0.05, 0) is 30.0 Å². The van der Waals surface area contributed by atoms with Gasteiger partial charge in [0.15, 0.2) is 0 Å². The number of hydrogen-bond donors (Lipinski definition) is 1. The molecule has 3 saturated heterocycles. The summed E-state index contributed by atoms with van der Waals surface area (Å²) in [6, 6.07) is 4.67. The van der Waals surface area contributed by atoms with Gasteiger partial charge < -0.3 is 19.7 Å². The van der Waals surface area contributed by atoms with Crippen LogP contribution in [-0.4, -0.2) is 83.1 Å². The Kier molecular flexibility index (Phi) is 5.11. The van der Waals surface area contributed by atoms with E-state index in [1.54, 1.807) is 12.1 Å². The van der Waals surface area contributed by atoms with Crippen LogP contribution < -0.4 is 10.1 Å². The first-order valence-corrected chi connectivity index (χ1v) is 10.7. The molecule has 0 unspecified atom stereocenters. The van der Waals surface area contributed by atoms with Crippen LogP contribution in [0.4, 0.5) is 0 Å². The highest BCUT2D eigenvalue weighted by Gasteiger charge is 2.39. The quantitative estimate of drug-likeness (QED) is 0.773. The van der Waals surface area contributed by atoms with Gasteiger partial charge in [0.25, 0.3) is 5.91 Å². The maximum Gasteiger partial charge on any atom is 0.253 e. The zero-order valence-electron chi connectivity index (χ0n) is 15.4. The molecule has 148 valence electrons. The van der Waals surface area contributed by atoms with Crippen molar-refractivity contribution in [2.24, 2.45) is 11.8 Å². The highest BCUT2D eigenvalue weighted by molar-refractivity contribution is 7.89. The van der Waals surface area contributed by atoms with Crippen molar-refractivity contribution >= 4 is 15.9 Å². The Hall–Kier alpha value is -1.68. The molecule has 0 aromatic heterocycles. The van der Waals surface area contributed by atoms with Crippen LogP contribution >= 0.6 is 0 Å². The van der Waals surface area contributed by atoms with E-state index in [-0.39, 0.29) is 16.6 Å². The maximum absolute atomic E-state index is 13.1. The fourth-order valence-electron chi connectivity index (χ4n) is 4.14. The molecule has 8 nitrogen and oxygen atoms in total. The lowest BCUT2D eigenvalue weighted by atomic mass is 10.0. The maximum atomic E-state index is 13.1. The van der Waals surface area contributed by atoms with Crippen LogP contribution in [0.1, 0.15) is 10.4 Å². The average Bonchev–Trinajstić information content (AvgIpc) is 3.30. The number of rotatable bonds is 4. The van der Waals surface area contributed by atoms with Crippen molar-refractivity contribution < 1.29 is 22.7 Å². The summed E-state index contributed by atoms with van der Waals surface area (Å²) in [5.74, 6) is 1.11. The number of likely N-dealkylation sites (tertiary alicyclic amines) is 1. The average molecular weight is 395 g/mol. The van der Waals surface area contributed by atoms with Crippen LogP contribution in [0.3, 0.4) is 0 Å². The van der Waals surface area contributed by atoms with Crippen molar-refractivity contribution in [3.63, 3.8) is 0 Å². The van der Waals surface area contributed by atoms with E-state index in [4.69, 9.17) is 9.47 Å². The minimum Gasteiger partial charge on any atom is -0.495 e. The lowest BCUT2D eigenvalue weighted by molar-refractivity contribution is 0.0729. The lowest BCUT2D eigenvalue weighted by Gasteiger charge is -2.27. The van der Waals surface area contributed by atoms with Crippen LogP contribution in [0.15, 0.2) is 23.1 Å². The summed E-state index contributed by atoms with van der Waals surface area (Å²) >= 11 is 0. The van der Waals surface area contributed by atoms with Gasteiger partial charge in [-0.3, -0.25) is 4.79 Å². The number of hydrogen-bond acceptors (Lipinski definition) is 6. The van der Waals surface area contributed by atoms with E-state index in [0.29, 0.717) is 56.8 Å². The fourth-order valence-corrected chi connectivity index (χ4v) is 5.73. The summed E-state index contributed by atoms with van der Waals surface area (Å²) in [7, 11) is -2.32. The van der Waals surface area contributed by atoms with Gasteiger partial charge in [-0.2, -0.15) is 4.31 Å². The number of morpholine rings is 1. The Balaban J connectivity index is 1.61. The van der Waals surface area contributed by atoms with E-state index in [1.165, 1.54) is 17.5 Å². The molecule has 1 aromatic carbocycles. The molecule has 1 amide bonds. The molecule has 3 heterocycles. The van der Waals surface area contributed by atoms with Gasteiger partial charge in [0.2, 0.25) is 10.0 Å². The molecule has 0 aliphatic carbocycles. The third kappa shape index (κ3) is 3.44. The summed E-state index contributed by atoms with van der Waals surface area (Å²) in [5.41, 5.74) is 0.385. The second kappa shape index (κ2) is 7.38. The Bertz CT molecular complexity index is 810. The number of sulfonamides is 1. The smallest absolute Gasteiger partial charge is 0.253 e. The number of carbonyl (C=O) groups excluding carboxylic acids is 1. The van der Waals surface area contributed by atoms with Crippen molar-refractivity contribution in [3.05, 3.63) is 23.8 Å². The molecule has 0 bridgehead atoms. The van der Waals surface area contributed by atoms with Crippen molar-refractivity contribution in [1.82, 2.24) is 14.5 Å². The van der Waals surface area contributed by atoms with Crippen molar-refractivity contribution in [3.8, 4) is 5.75 Å². The van der Waals surface area contributed by atoms with Gasteiger partial charge in [-0.25, -0.2) is 8.42 Å². The molecule has 2 atom stereocenters. The Morgan fingerprint density at radius 3 is 2.48 bits per heavy atom. The number of amides is 1. The number of carbonyl (C=O) groups is 1. The number of fused-ring (bicyclic) bond motifs is 1. The first-order chi connectivity index (χ1) is 13.0. The van der Waals surface area contributed by atoms with Crippen molar-refractivity contribution in [1.29, 1.82) is 0 Å². The highest BCUT2D eigenvalue weighted by atomic mass is 32.2. The zero-order chi connectivity index (χ0) is 19.0. The summed E-state index contributed by atoms with van der Waals surface area (Å²) in [5, 5.41) is 3.35. The van der Waals surface area contributed by atoms with E-state index in [2.05, 4.69) is 5.32 Å². The van der Waals surface area contributed by atoms with Crippen LogP contribution in [0.2, 0.25) is 0 Å². The molecule has 0 saturated carbocycles. The molecule has 0 radical (unpaired) electrons. The molecule has 4 rings (SSSR count). The molecule has 9 heteroatoms. The van der Waals surface area contributed by atoms with E-state index < -0.39 is 10.0 Å². The molecule has 3 fully saturated rings. The van der Waals surface area contributed by atoms with Gasteiger partial charge in [0.1, 0.15) is 10.6 Å². The van der Waals surface area contributed by atoms with Crippen molar-refractivity contribution in [2.75, 3.05) is 59.6 Å². The molecule has 27 heavy (non-hydrogen) atoms. The van der Waals surface area contributed by atoms with Gasteiger partial charge in [-0.15, -0.1) is 0 Å². The van der Waals surface area contributed by atoms with Crippen LogP contribution in [-0.2, 0) is 14.8 Å². The molecule has 3 aliphatic rings. The molecule has 1 N–H and O–H groups in total. The van der Waals surface area contributed by atoms with Gasteiger partial charge in [0.05, 0.1) is 20.3 Å². The topological polar surface area (TPSA) is 88.2 Å². The monoisotopic (exact) mass is 395 g/mol. The number of nitrogens with zero attached hydrogens (tertiary/aromatic N) is 2. The normalized spacial score (nSPS) is 26.2. The largest absolute Gasteiger partial charge is 0.495 e. The SMILES string of the molecule is COc1ccc(C(=O)N2C[C@H]3CNC[C@H]3C2)cc1S(=O)(=O)N1CCOCC1. The second-order valence-corrected chi connectivity index (χ2v) is 9.18. The molecular weight excluding hydrogens is 370 g/mol. The summed E-state index contributed by atoms with van der Waals surface area (Å²) in [6.07, 6.45) is 0. The third-order valence-electron chi connectivity index (χ3n) is 5.68. The minimum absolute atomic E-state index is 0.0406. The number of ether oxygens (including phenoxy) is 2. The molecule has 1 aromatic rings. The number of benzene rings is 1. The van der Waals surface area contributed by atoms with Crippen LogP contribution in [0.5, 0.6) is 5.75 Å². The van der Waals surface area contributed by atoms with Gasteiger partial charge >= 0.3 is 0 Å². The number of methoxy groups -OCH3 is 1.